The van der Waals surface area contributed by atoms with E-state index >= 15 is 0 Å². The minimum Gasteiger partial charge on any atom is -0.493 e. The maximum Gasteiger partial charge on any atom is 0.261 e. The Balaban J connectivity index is 1.90. The molecule has 0 fully saturated rings. The fourth-order valence-electron chi connectivity index (χ4n) is 2.10. The van der Waals surface area contributed by atoms with Crippen molar-refractivity contribution in [2.45, 2.75) is 11.3 Å². The van der Waals surface area contributed by atoms with Gasteiger partial charge in [0.15, 0.2) is 0 Å². The molecule has 0 aromatic heterocycles. The second-order valence-electron chi connectivity index (χ2n) is 4.48. The Kier molecular flexibility index (Phi) is 3.31. The molecule has 2 aromatic rings. The number of nitrogens with one attached hydrogen (secondary N) is 1. The van der Waals surface area contributed by atoms with Crippen LogP contribution in [0.4, 0.5) is 5.69 Å². The van der Waals surface area contributed by atoms with Crippen molar-refractivity contribution in [1.29, 1.82) is 0 Å². The summed E-state index contributed by atoms with van der Waals surface area (Å²) in [5, 5.41) is 0.384. The lowest BCUT2D eigenvalue weighted by Crippen LogP contribution is -2.12. The molecular weight excluding hydrogens is 298 g/mol. The molecule has 3 rings (SSSR count). The van der Waals surface area contributed by atoms with Crippen molar-refractivity contribution in [2.24, 2.45) is 0 Å². The van der Waals surface area contributed by atoms with Crippen LogP contribution >= 0.6 is 11.6 Å². The minimum absolute atomic E-state index is 0.141. The van der Waals surface area contributed by atoms with Crippen LogP contribution in [-0.4, -0.2) is 15.0 Å². The number of fused-ring (bicyclic) bond motifs is 1. The topological polar surface area (TPSA) is 55.4 Å². The molecule has 1 heterocycles. The van der Waals surface area contributed by atoms with Gasteiger partial charge in [-0.15, -0.1) is 0 Å². The highest BCUT2D eigenvalue weighted by Crippen LogP contribution is 2.29. The first-order valence-corrected chi connectivity index (χ1v) is 7.95. The Morgan fingerprint density at radius 1 is 1.15 bits per heavy atom. The molecule has 0 radical (unpaired) electrons. The summed E-state index contributed by atoms with van der Waals surface area (Å²) in [5.41, 5.74) is 1.53. The third-order valence-electron chi connectivity index (χ3n) is 3.05. The highest BCUT2D eigenvalue weighted by Gasteiger charge is 2.17. The Bertz CT molecular complexity index is 759. The SMILES string of the molecule is O=S(=O)(Nc1ccc2c(c1)CCO2)c1cccc(Cl)c1. The van der Waals surface area contributed by atoms with Crippen molar-refractivity contribution < 1.29 is 13.2 Å². The zero-order valence-corrected chi connectivity index (χ0v) is 12.0. The quantitative estimate of drug-likeness (QED) is 0.948. The van der Waals surface area contributed by atoms with E-state index in [1.54, 1.807) is 30.3 Å². The van der Waals surface area contributed by atoms with Gasteiger partial charge in [-0.1, -0.05) is 17.7 Å². The number of hydrogen-bond donors (Lipinski definition) is 1. The van der Waals surface area contributed by atoms with Crippen molar-refractivity contribution in [3.05, 3.63) is 53.1 Å². The van der Waals surface area contributed by atoms with E-state index in [-0.39, 0.29) is 4.90 Å². The van der Waals surface area contributed by atoms with Gasteiger partial charge in [0.05, 0.1) is 11.5 Å². The second-order valence-corrected chi connectivity index (χ2v) is 6.60. The standard InChI is InChI=1S/C14H12ClNO3S/c15-11-2-1-3-13(9-11)20(17,18)16-12-4-5-14-10(8-12)6-7-19-14/h1-5,8-9,16H,6-7H2. The number of halogens is 1. The van der Waals surface area contributed by atoms with E-state index in [2.05, 4.69) is 4.72 Å². The second kappa shape index (κ2) is 5.00. The maximum atomic E-state index is 12.3. The van der Waals surface area contributed by atoms with E-state index in [4.69, 9.17) is 16.3 Å². The number of ether oxygens (including phenoxy) is 1. The molecule has 1 aliphatic heterocycles. The van der Waals surface area contributed by atoms with E-state index in [9.17, 15) is 8.42 Å². The summed E-state index contributed by atoms with van der Waals surface area (Å²) in [6.45, 7) is 0.639. The lowest BCUT2D eigenvalue weighted by Gasteiger charge is -2.09. The third kappa shape index (κ3) is 2.59. The van der Waals surface area contributed by atoms with Gasteiger partial charge in [-0.25, -0.2) is 8.42 Å². The summed E-state index contributed by atoms with van der Waals surface area (Å²) in [4.78, 5) is 0.141. The van der Waals surface area contributed by atoms with Gasteiger partial charge in [0.1, 0.15) is 5.75 Å². The van der Waals surface area contributed by atoms with Crippen LogP contribution in [0.15, 0.2) is 47.4 Å². The number of hydrogen-bond acceptors (Lipinski definition) is 3. The van der Waals surface area contributed by atoms with Crippen LogP contribution in [-0.2, 0) is 16.4 Å². The van der Waals surface area contributed by atoms with Crippen LogP contribution < -0.4 is 9.46 Å². The first kappa shape index (κ1) is 13.3. The van der Waals surface area contributed by atoms with Gasteiger partial charge in [-0.3, -0.25) is 4.72 Å². The van der Waals surface area contributed by atoms with Gasteiger partial charge >= 0.3 is 0 Å². The number of anilines is 1. The van der Waals surface area contributed by atoms with E-state index in [1.807, 2.05) is 0 Å². The number of sulfonamides is 1. The highest BCUT2D eigenvalue weighted by molar-refractivity contribution is 7.92. The van der Waals surface area contributed by atoms with Gasteiger partial charge in [-0.2, -0.15) is 0 Å². The molecular formula is C14H12ClNO3S. The van der Waals surface area contributed by atoms with Crippen LogP contribution in [0.5, 0.6) is 5.75 Å². The van der Waals surface area contributed by atoms with Crippen LogP contribution in [0.25, 0.3) is 0 Å². The molecule has 20 heavy (non-hydrogen) atoms. The summed E-state index contributed by atoms with van der Waals surface area (Å²) in [7, 11) is -3.63. The van der Waals surface area contributed by atoms with Gasteiger partial charge in [-0.05, 0) is 42.0 Å². The zero-order valence-electron chi connectivity index (χ0n) is 10.5. The largest absolute Gasteiger partial charge is 0.493 e. The molecule has 0 amide bonds. The van der Waals surface area contributed by atoms with Crippen LogP contribution in [0, 0.1) is 0 Å². The van der Waals surface area contributed by atoms with Crippen molar-refractivity contribution in [3.63, 3.8) is 0 Å². The normalized spacial score (nSPS) is 13.7. The molecule has 0 unspecified atom stereocenters. The van der Waals surface area contributed by atoms with Crippen molar-refractivity contribution in [3.8, 4) is 5.75 Å². The molecule has 0 atom stereocenters. The molecule has 0 aliphatic carbocycles. The predicted molar refractivity (Wildman–Crippen MR) is 77.9 cm³/mol. The van der Waals surface area contributed by atoms with E-state index in [0.29, 0.717) is 17.3 Å². The Morgan fingerprint density at radius 3 is 2.80 bits per heavy atom. The summed E-state index contributed by atoms with van der Waals surface area (Å²) in [6.07, 6.45) is 0.794. The lowest BCUT2D eigenvalue weighted by atomic mass is 10.1. The first-order valence-electron chi connectivity index (χ1n) is 6.09. The Hall–Kier alpha value is -1.72. The van der Waals surface area contributed by atoms with Crippen LogP contribution in [0.2, 0.25) is 5.02 Å². The third-order valence-corrected chi connectivity index (χ3v) is 4.66. The number of rotatable bonds is 3. The zero-order chi connectivity index (χ0) is 14.2. The van der Waals surface area contributed by atoms with Crippen molar-refractivity contribution in [1.82, 2.24) is 0 Å². The lowest BCUT2D eigenvalue weighted by molar-refractivity contribution is 0.357. The molecule has 104 valence electrons. The minimum atomic E-state index is -3.63. The Labute approximate surface area is 122 Å². The molecule has 4 nitrogen and oxygen atoms in total. The summed E-state index contributed by atoms with van der Waals surface area (Å²) in [6, 6.07) is 11.4. The average Bonchev–Trinajstić information content (AvgIpc) is 2.85. The van der Waals surface area contributed by atoms with Gasteiger partial charge in [0.2, 0.25) is 0 Å². The molecule has 1 aliphatic rings. The fourth-order valence-corrected chi connectivity index (χ4v) is 3.45. The van der Waals surface area contributed by atoms with Gasteiger partial charge in [0, 0.05) is 17.1 Å². The van der Waals surface area contributed by atoms with E-state index in [1.165, 1.54) is 12.1 Å². The molecule has 0 saturated carbocycles. The summed E-state index contributed by atoms with van der Waals surface area (Å²) >= 11 is 5.82. The molecule has 6 heteroatoms. The average molecular weight is 310 g/mol. The molecule has 0 bridgehead atoms. The molecule has 0 spiro atoms. The monoisotopic (exact) mass is 309 g/mol. The van der Waals surface area contributed by atoms with E-state index in [0.717, 1.165) is 17.7 Å². The van der Waals surface area contributed by atoms with Gasteiger partial charge in [0.25, 0.3) is 10.0 Å². The maximum absolute atomic E-state index is 12.3. The van der Waals surface area contributed by atoms with E-state index < -0.39 is 10.0 Å². The Morgan fingerprint density at radius 2 is 2.00 bits per heavy atom. The number of benzene rings is 2. The summed E-state index contributed by atoms with van der Waals surface area (Å²) in [5.74, 6) is 0.815. The molecule has 0 saturated heterocycles. The van der Waals surface area contributed by atoms with Crippen molar-refractivity contribution >= 4 is 27.3 Å². The molecule has 1 N–H and O–H groups in total. The van der Waals surface area contributed by atoms with Crippen LogP contribution in [0.3, 0.4) is 0 Å². The van der Waals surface area contributed by atoms with Gasteiger partial charge < -0.3 is 4.74 Å². The fraction of sp³-hybridized carbons (Fsp3) is 0.143. The highest BCUT2D eigenvalue weighted by atomic mass is 35.5. The molecule has 2 aromatic carbocycles. The first-order chi connectivity index (χ1) is 9.54. The smallest absolute Gasteiger partial charge is 0.261 e. The predicted octanol–water partition coefficient (Wildman–Crippen LogP) is 3.08. The van der Waals surface area contributed by atoms with Crippen LogP contribution in [0.1, 0.15) is 5.56 Å². The van der Waals surface area contributed by atoms with Crippen molar-refractivity contribution in [2.75, 3.05) is 11.3 Å². The summed E-state index contributed by atoms with van der Waals surface area (Å²) < 4.78 is 32.4.